The predicted molar refractivity (Wildman–Crippen MR) is 86.5 cm³/mol. The van der Waals surface area contributed by atoms with Crippen molar-refractivity contribution in [1.29, 1.82) is 0 Å². The van der Waals surface area contributed by atoms with Gasteiger partial charge in [0, 0.05) is 24.9 Å². The smallest absolute Gasteiger partial charge is 0.178 e. The number of hydrogen-bond acceptors (Lipinski definition) is 5. The van der Waals surface area contributed by atoms with Gasteiger partial charge in [0.1, 0.15) is 5.82 Å². The summed E-state index contributed by atoms with van der Waals surface area (Å²) >= 11 is 0. The van der Waals surface area contributed by atoms with Gasteiger partial charge in [-0.2, -0.15) is 4.52 Å². The first-order chi connectivity index (χ1) is 11.2. The average molecular weight is 313 g/mol. The van der Waals surface area contributed by atoms with Crippen LogP contribution in [0.3, 0.4) is 0 Å². The minimum atomic E-state index is -0.436. The molecule has 6 nitrogen and oxygen atoms in total. The van der Waals surface area contributed by atoms with Gasteiger partial charge in [-0.15, -0.1) is 15.3 Å². The van der Waals surface area contributed by atoms with Crippen molar-refractivity contribution < 1.29 is 5.11 Å². The predicted octanol–water partition coefficient (Wildman–Crippen LogP) is 2.13. The highest BCUT2D eigenvalue weighted by molar-refractivity contribution is 5.46. The lowest BCUT2D eigenvalue weighted by molar-refractivity contribution is -0.0613. The zero-order chi connectivity index (χ0) is 15.4. The molecule has 0 spiro atoms. The number of nitrogens with zero attached hydrogens (tertiary/aromatic N) is 5. The maximum atomic E-state index is 10.8. The minimum absolute atomic E-state index is 0.381. The van der Waals surface area contributed by atoms with Crippen LogP contribution in [-0.4, -0.2) is 43.6 Å². The minimum Gasteiger partial charge on any atom is -0.389 e. The maximum Gasteiger partial charge on any atom is 0.178 e. The molecular weight excluding hydrogens is 290 g/mol. The van der Waals surface area contributed by atoms with E-state index in [4.69, 9.17) is 5.10 Å². The molecule has 0 bridgehead atoms. The molecule has 1 aliphatic heterocycles. The van der Waals surface area contributed by atoms with Crippen molar-refractivity contribution in [3.8, 4) is 0 Å². The van der Waals surface area contributed by atoms with E-state index < -0.39 is 5.60 Å². The van der Waals surface area contributed by atoms with Crippen LogP contribution >= 0.6 is 0 Å². The number of aromatic nitrogens is 4. The molecule has 0 unspecified atom stereocenters. The first-order valence-corrected chi connectivity index (χ1v) is 8.93. The second-order valence-electron chi connectivity index (χ2n) is 7.54. The van der Waals surface area contributed by atoms with Gasteiger partial charge in [0.2, 0.25) is 0 Å². The Balaban J connectivity index is 1.45. The Morgan fingerprint density at radius 3 is 2.87 bits per heavy atom. The third kappa shape index (κ3) is 2.23. The van der Waals surface area contributed by atoms with Crippen molar-refractivity contribution in [3.05, 3.63) is 18.0 Å². The first-order valence-electron chi connectivity index (χ1n) is 8.93. The SMILES string of the molecule is O[C@]12CCCC[C@H]1CN(c1ccc3nnc(C4CC4)n3n1)CC2. The highest BCUT2D eigenvalue weighted by Crippen LogP contribution is 2.41. The lowest BCUT2D eigenvalue weighted by Gasteiger charge is -2.47. The van der Waals surface area contributed by atoms with Crippen LogP contribution in [0.5, 0.6) is 0 Å². The van der Waals surface area contributed by atoms with Crippen LogP contribution in [-0.2, 0) is 0 Å². The van der Waals surface area contributed by atoms with E-state index in [-0.39, 0.29) is 0 Å². The van der Waals surface area contributed by atoms with Crippen LogP contribution < -0.4 is 4.90 Å². The standard InChI is InChI=1S/C17H23N5O/c23-17-8-2-1-3-13(17)11-21(10-9-17)15-7-6-14-18-19-16(12-4-5-12)22(14)20-15/h6-7,12-13,23H,1-5,8-11H2/t13-,17-/m0/s1. The van der Waals surface area contributed by atoms with E-state index in [0.717, 1.165) is 49.6 Å². The molecule has 2 aromatic rings. The lowest BCUT2D eigenvalue weighted by atomic mass is 9.71. The van der Waals surface area contributed by atoms with Gasteiger partial charge in [0.25, 0.3) is 0 Å². The van der Waals surface area contributed by atoms with Gasteiger partial charge in [0.15, 0.2) is 11.5 Å². The molecule has 2 atom stereocenters. The molecule has 6 heteroatoms. The highest BCUT2D eigenvalue weighted by Gasteiger charge is 2.43. The molecule has 0 amide bonds. The van der Waals surface area contributed by atoms with E-state index in [0.29, 0.717) is 11.8 Å². The fourth-order valence-corrected chi connectivity index (χ4v) is 4.34. The van der Waals surface area contributed by atoms with Gasteiger partial charge in [0.05, 0.1) is 5.60 Å². The number of piperidine rings is 1. The van der Waals surface area contributed by atoms with Crippen LogP contribution in [0.15, 0.2) is 12.1 Å². The van der Waals surface area contributed by atoms with Crippen LogP contribution in [0.25, 0.3) is 5.65 Å². The first kappa shape index (κ1) is 13.7. The van der Waals surface area contributed by atoms with Gasteiger partial charge < -0.3 is 10.0 Å². The van der Waals surface area contributed by atoms with Crippen LogP contribution in [0.4, 0.5) is 5.82 Å². The van der Waals surface area contributed by atoms with Gasteiger partial charge >= 0.3 is 0 Å². The summed E-state index contributed by atoms with van der Waals surface area (Å²) in [7, 11) is 0. The second kappa shape index (κ2) is 4.90. The van der Waals surface area contributed by atoms with Crippen LogP contribution in [0, 0.1) is 5.92 Å². The molecular formula is C17H23N5O. The fraction of sp³-hybridized carbons (Fsp3) is 0.706. The Labute approximate surface area is 135 Å². The molecule has 3 aliphatic rings. The third-order valence-electron chi connectivity index (χ3n) is 5.97. The molecule has 2 aliphatic carbocycles. The molecule has 0 aromatic carbocycles. The van der Waals surface area contributed by atoms with Crippen molar-refractivity contribution in [2.45, 2.75) is 56.5 Å². The molecule has 3 fully saturated rings. The van der Waals surface area contributed by atoms with E-state index in [1.807, 2.05) is 16.6 Å². The summed E-state index contributed by atoms with van der Waals surface area (Å²) in [6, 6.07) is 4.07. The average Bonchev–Trinajstić information content (AvgIpc) is 3.33. The highest BCUT2D eigenvalue weighted by atomic mass is 16.3. The molecule has 5 rings (SSSR count). The van der Waals surface area contributed by atoms with E-state index in [1.54, 1.807) is 0 Å². The van der Waals surface area contributed by atoms with Crippen molar-refractivity contribution in [2.75, 3.05) is 18.0 Å². The molecule has 2 saturated carbocycles. The van der Waals surface area contributed by atoms with E-state index in [2.05, 4.69) is 15.1 Å². The zero-order valence-corrected chi connectivity index (χ0v) is 13.4. The summed E-state index contributed by atoms with van der Waals surface area (Å²) in [5, 5.41) is 24.2. The summed E-state index contributed by atoms with van der Waals surface area (Å²) in [5.41, 5.74) is 0.399. The van der Waals surface area contributed by atoms with Crippen molar-refractivity contribution in [3.63, 3.8) is 0 Å². The normalized spacial score (nSPS) is 31.3. The molecule has 122 valence electrons. The van der Waals surface area contributed by atoms with Crippen molar-refractivity contribution in [1.82, 2.24) is 19.8 Å². The zero-order valence-electron chi connectivity index (χ0n) is 13.4. The van der Waals surface area contributed by atoms with Crippen molar-refractivity contribution >= 4 is 11.5 Å². The van der Waals surface area contributed by atoms with Crippen molar-refractivity contribution in [2.24, 2.45) is 5.92 Å². The molecule has 1 N–H and O–H groups in total. The van der Waals surface area contributed by atoms with Gasteiger partial charge in [-0.3, -0.25) is 0 Å². The van der Waals surface area contributed by atoms with E-state index in [1.165, 1.54) is 25.7 Å². The molecule has 23 heavy (non-hydrogen) atoms. The number of anilines is 1. The van der Waals surface area contributed by atoms with Gasteiger partial charge in [-0.25, -0.2) is 0 Å². The van der Waals surface area contributed by atoms with Gasteiger partial charge in [-0.1, -0.05) is 12.8 Å². The lowest BCUT2D eigenvalue weighted by Crippen LogP contribution is -2.53. The number of fused-ring (bicyclic) bond motifs is 2. The monoisotopic (exact) mass is 313 g/mol. The topological polar surface area (TPSA) is 66.5 Å². The Morgan fingerprint density at radius 2 is 2.00 bits per heavy atom. The van der Waals surface area contributed by atoms with Crippen LogP contribution in [0.1, 0.15) is 56.7 Å². The van der Waals surface area contributed by atoms with Crippen LogP contribution in [0.2, 0.25) is 0 Å². The maximum absolute atomic E-state index is 10.8. The summed E-state index contributed by atoms with van der Waals surface area (Å²) in [5.74, 6) is 2.92. The second-order valence-corrected chi connectivity index (χ2v) is 7.54. The summed E-state index contributed by atoms with van der Waals surface area (Å²) < 4.78 is 1.93. The largest absolute Gasteiger partial charge is 0.389 e. The molecule has 1 saturated heterocycles. The number of hydrogen-bond donors (Lipinski definition) is 1. The molecule has 2 aromatic heterocycles. The Bertz CT molecular complexity index is 740. The van der Waals surface area contributed by atoms with E-state index >= 15 is 0 Å². The number of rotatable bonds is 2. The fourth-order valence-electron chi connectivity index (χ4n) is 4.34. The molecule has 3 heterocycles. The van der Waals surface area contributed by atoms with Gasteiger partial charge in [-0.05, 0) is 44.2 Å². The molecule has 0 radical (unpaired) electrons. The number of aliphatic hydroxyl groups is 1. The quantitative estimate of drug-likeness (QED) is 0.920. The summed E-state index contributed by atoms with van der Waals surface area (Å²) in [6.45, 7) is 1.79. The Kier molecular flexibility index (Phi) is 2.92. The Morgan fingerprint density at radius 1 is 1.09 bits per heavy atom. The summed E-state index contributed by atoms with van der Waals surface area (Å²) in [4.78, 5) is 2.33. The Hall–Kier alpha value is -1.69. The van der Waals surface area contributed by atoms with E-state index in [9.17, 15) is 5.11 Å². The summed E-state index contributed by atoms with van der Waals surface area (Å²) in [6.07, 6.45) is 7.77. The third-order valence-corrected chi connectivity index (χ3v) is 5.97.